The number of thiol groups is 1. The number of hydrogen-bond acceptors (Lipinski definition) is 7. The molecule has 5 rings (SSSR count). The third-order valence-corrected chi connectivity index (χ3v) is 7.54. The van der Waals surface area contributed by atoms with Crippen molar-refractivity contribution >= 4 is 41.7 Å². The fraction of sp³-hybridized carbons (Fsp3) is 0.435. The van der Waals surface area contributed by atoms with Crippen LogP contribution in [0.15, 0.2) is 30.6 Å². The van der Waals surface area contributed by atoms with Crippen molar-refractivity contribution < 1.29 is 14.0 Å². The number of nitrogens with one attached hydrogen (secondary N) is 1. The van der Waals surface area contributed by atoms with Gasteiger partial charge in [-0.1, -0.05) is 29.8 Å². The van der Waals surface area contributed by atoms with Gasteiger partial charge in [0.2, 0.25) is 11.8 Å². The van der Waals surface area contributed by atoms with Crippen LogP contribution >= 0.6 is 24.2 Å². The summed E-state index contributed by atoms with van der Waals surface area (Å²) in [7, 11) is 0. The molecule has 3 aliphatic rings. The van der Waals surface area contributed by atoms with E-state index in [4.69, 9.17) is 24.2 Å². The van der Waals surface area contributed by atoms with E-state index in [-0.39, 0.29) is 23.2 Å². The molecule has 0 aliphatic carbocycles. The Morgan fingerprint density at radius 1 is 1.18 bits per heavy atom. The molecule has 2 amide bonds. The standard InChI is InChI=1S/C23H25ClFN5O2S/c24-17-10-26-11-18(25)21(17)29-7-5-28(6-8-29)12-14-1-2-16-15(9-14)13-30(23(16)33)19-3-4-20(31)27-22(19)32/h1-2,9-11,19,23,33H,3-8,12-13H2,(H,27,31,32). The Morgan fingerprint density at radius 3 is 2.70 bits per heavy atom. The van der Waals surface area contributed by atoms with Gasteiger partial charge in [-0.2, -0.15) is 12.6 Å². The van der Waals surface area contributed by atoms with E-state index in [0.29, 0.717) is 43.2 Å². The van der Waals surface area contributed by atoms with Crippen LogP contribution in [-0.4, -0.2) is 58.8 Å². The quantitative estimate of drug-likeness (QED) is 0.508. The number of halogens is 2. The Morgan fingerprint density at radius 2 is 1.97 bits per heavy atom. The summed E-state index contributed by atoms with van der Waals surface area (Å²) in [6, 6.07) is 6.06. The fourth-order valence-electron chi connectivity index (χ4n) is 4.98. The minimum atomic E-state index is -0.392. The number of nitrogens with zero attached hydrogens (tertiary/aromatic N) is 4. The molecule has 2 atom stereocenters. The minimum Gasteiger partial charge on any atom is -0.365 e. The summed E-state index contributed by atoms with van der Waals surface area (Å²) < 4.78 is 14.2. The molecule has 7 nitrogen and oxygen atoms in total. The number of aromatic nitrogens is 1. The SMILES string of the molecule is O=C1CCC(N2Cc3cc(CN4CCN(c5c(F)cncc5Cl)CC4)ccc3C2S)C(=O)N1. The molecular formula is C23H25ClFN5O2S. The fourth-order valence-corrected chi connectivity index (χ4v) is 5.74. The average molecular weight is 490 g/mol. The predicted molar refractivity (Wildman–Crippen MR) is 127 cm³/mol. The van der Waals surface area contributed by atoms with Crippen LogP contribution in [0, 0.1) is 5.82 Å². The maximum absolute atomic E-state index is 14.2. The van der Waals surface area contributed by atoms with Crippen LogP contribution in [0.5, 0.6) is 0 Å². The highest BCUT2D eigenvalue weighted by Crippen LogP contribution is 2.39. The lowest BCUT2D eigenvalue weighted by Crippen LogP contribution is -2.51. The van der Waals surface area contributed by atoms with E-state index in [2.05, 4.69) is 38.3 Å². The lowest BCUT2D eigenvalue weighted by Gasteiger charge is -2.36. The van der Waals surface area contributed by atoms with Gasteiger partial charge in [0.25, 0.3) is 0 Å². The maximum Gasteiger partial charge on any atom is 0.243 e. The van der Waals surface area contributed by atoms with Gasteiger partial charge >= 0.3 is 0 Å². The second-order valence-corrected chi connectivity index (χ2v) is 9.66. The number of piperazine rings is 1. The Hall–Kier alpha value is -2.20. The first-order valence-corrected chi connectivity index (χ1v) is 12.0. The number of amides is 2. The molecule has 2 unspecified atom stereocenters. The van der Waals surface area contributed by atoms with Gasteiger partial charge in [0, 0.05) is 51.9 Å². The van der Waals surface area contributed by atoms with Crippen molar-refractivity contribution in [3.05, 3.63) is 58.1 Å². The van der Waals surface area contributed by atoms with Gasteiger partial charge in [0.15, 0.2) is 5.82 Å². The Labute approximate surface area is 202 Å². The van der Waals surface area contributed by atoms with Gasteiger partial charge in [0.05, 0.1) is 28.3 Å². The molecule has 4 heterocycles. The van der Waals surface area contributed by atoms with E-state index in [1.807, 2.05) is 4.90 Å². The summed E-state index contributed by atoms with van der Waals surface area (Å²) in [4.78, 5) is 34.0. The second kappa shape index (κ2) is 9.21. The molecule has 33 heavy (non-hydrogen) atoms. The van der Waals surface area contributed by atoms with Crippen LogP contribution in [0.4, 0.5) is 10.1 Å². The Kier molecular flexibility index (Phi) is 6.30. The van der Waals surface area contributed by atoms with Crippen molar-refractivity contribution in [2.24, 2.45) is 0 Å². The van der Waals surface area contributed by atoms with E-state index in [1.54, 1.807) is 0 Å². The van der Waals surface area contributed by atoms with E-state index in [9.17, 15) is 14.0 Å². The number of fused-ring (bicyclic) bond motifs is 1. The number of imide groups is 1. The number of benzene rings is 1. The first-order valence-electron chi connectivity index (χ1n) is 11.1. The highest BCUT2D eigenvalue weighted by molar-refractivity contribution is 7.80. The molecule has 1 N–H and O–H groups in total. The summed E-state index contributed by atoms with van der Waals surface area (Å²) in [6.07, 6.45) is 3.55. The summed E-state index contributed by atoms with van der Waals surface area (Å²) in [5.41, 5.74) is 3.90. The Balaban J connectivity index is 1.22. The van der Waals surface area contributed by atoms with Crippen LogP contribution in [0.25, 0.3) is 0 Å². The van der Waals surface area contributed by atoms with Gasteiger partial charge in [0.1, 0.15) is 0 Å². The third kappa shape index (κ3) is 4.47. The number of carbonyl (C=O) groups is 2. The first kappa shape index (κ1) is 22.6. The number of hydrogen-bond donors (Lipinski definition) is 2. The third-order valence-electron chi connectivity index (χ3n) is 6.69. The monoisotopic (exact) mass is 489 g/mol. The van der Waals surface area contributed by atoms with Crippen molar-refractivity contribution in [1.29, 1.82) is 0 Å². The molecule has 0 bridgehead atoms. The summed E-state index contributed by atoms with van der Waals surface area (Å²) in [5.74, 6) is -0.835. The topological polar surface area (TPSA) is 68.8 Å². The molecule has 2 aromatic rings. The normalized spacial score (nSPS) is 24.2. The smallest absolute Gasteiger partial charge is 0.243 e. The lowest BCUT2D eigenvalue weighted by atomic mass is 10.0. The lowest BCUT2D eigenvalue weighted by molar-refractivity contribution is -0.137. The molecule has 1 aromatic heterocycles. The van der Waals surface area contributed by atoms with Crippen LogP contribution in [-0.2, 0) is 22.7 Å². The summed E-state index contributed by atoms with van der Waals surface area (Å²) >= 11 is 10.9. The van der Waals surface area contributed by atoms with Crippen LogP contribution in [0.3, 0.4) is 0 Å². The molecule has 3 aliphatic heterocycles. The molecule has 174 valence electrons. The van der Waals surface area contributed by atoms with Gasteiger partial charge < -0.3 is 4.90 Å². The number of rotatable bonds is 4. The van der Waals surface area contributed by atoms with Crippen LogP contribution < -0.4 is 10.2 Å². The van der Waals surface area contributed by atoms with Crippen molar-refractivity contribution in [1.82, 2.24) is 20.1 Å². The molecule has 1 aromatic carbocycles. The molecule has 0 spiro atoms. The highest BCUT2D eigenvalue weighted by Gasteiger charge is 2.39. The predicted octanol–water partition coefficient (Wildman–Crippen LogP) is 2.75. The first-order chi connectivity index (χ1) is 15.9. The minimum absolute atomic E-state index is 0.165. The summed E-state index contributed by atoms with van der Waals surface area (Å²) in [6.45, 7) is 4.40. The molecule has 0 saturated carbocycles. The van der Waals surface area contributed by atoms with Gasteiger partial charge in [-0.3, -0.25) is 29.7 Å². The highest BCUT2D eigenvalue weighted by atomic mass is 35.5. The van der Waals surface area contributed by atoms with Crippen molar-refractivity contribution in [2.45, 2.75) is 37.3 Å². The number of carbonyl (C=O) groups excluding carboxylic acids is 2. The van der Waals surface area contributed by atoms with E-state index >= 15 is 0 Å². The zero-order valence-corrected chi connectivity index (χ0v) is 19.7. The number of anilines is 1. The van der Waals surface area contributed by atoms with Crippen LogP contribution in [0.2, 0.25) is 5.02 Å². The van der Waals surface area contributed by atoms with Crippen molar-refractivity contribution in [2.75, 3.05) is 31.1 Å². The van der Waals surface area contributed by atoms with E-state index in [1.165, 1.54) is 23.5 Å². The zero-order chi connectivity index (χ0) is 23.1. The van der Waals surface area contributed by atoms with Crippen LogP contribution in [0.1, 0.15) is 34.9 Å². The molecule has 10 heteroatoms. The van der Waals surface area contributed by atoms with E-state index < -0.39 is 5.82 Å². The maximum atomic E-state index is 14.2. The van der Waals surface area contributed by atoms with Crippen molar-refractivity contribution in [3.8, 4) is 0 Å². The molecule has 0 radical (unpaired) electrons. The van der Waals surface area contributed by atoms with Gasteiger partial charge in [-0.15, -0.1) is 0 Å². The zero-order valence-electron chi connectivity index (χ0n) is 18.0. The second-order valence-electron chi connectivity index (χ2n) is 8.76. The van der Waals surface area contributed by atoms with Crippen molar-refractivity contribution in [3.63, 3.8) is 0 Å². The average Bonchev–Trinajstić information content (AvgIpc) is 3.10. The molecule has 2 saturated heterocycles. The number of piperidine rings is 1. The van der Waals surface area contributed by atoms with E-state index in [0.717, 1.165) is 25.2 Å². The largest absolute Gasteiger partial charge is 0.365 e. The molecule has 2 fully saturated rings. The number of pyridine rings is 1. The Bertz CT molecular complexity index is 1070. The summed E-state index contributed by atoms with van der Waals surface area (Å²) in [5, 5.41) is 2.61. The molecular weight excluding hydrogens is 465 g/mol. The van der Waals surface area contributed by atoms with Gasteiger partial charge in [-0.25, -0.2) is 4.39 Å². The van der Waals surface area contributed by atoms with Gasteiger partial charge in [-0.05, 0) is 23.1 Å².